The van der Waals surface area contributed by atoms with Crippen LogP contribution < -0.4 is 15.8 Å². The zero-order chi connectivity index (χ0) is 15.7. The first-order valence-corrected chi connectivity index (χ1v) is 8.66. The molecule has 0 saturated heterocycles. The molecule has 0 aliphatic carbocycles. The Kier molecular flexibility index (Phi) is 7.18. The van der Waals surface area contributed by atoms with E-state index in [1.165, 1.54) is 12.1 Å². The topological polar surface area (TPSA) is 96.6 Å². The number of hydrogen-bond donors (Lipinski definition) is 3. The molecule has 4 N–H and O–H groups in total. The molecule has 0 saturated carbocycles. The lowest BCUT2D eigenvalue weighted by atomic mass is 10.2. The highest BCUT2D eigenvalue weighted by Crippen LogP contribution is 2.09. The number of aliphatic imine (C=N–C) groups is 1. The highest BCUT2D eigenvalue weighted by atomic mass is 32.2. The molecule has 21 heavy (non-hydrogen) atoms. The van der Waals surface area contributed by atoms with Gasteiger partial charge >= 0.3 is 0 Å². The molecule has 0 unspecified atom stereocenters. The van der Waals surface area contributed by atoms with Crippen molar-refractivity contribution in [1.29, 1.82) is 0 Å². The largest absolute Gasteiger partial charge is 0.357 e. The standard InChI is InChI=1S/C14H24N4O2S/c1-3-5-10-17-14(16-4-2)18-11-12-6-8-13(9-7-12)21(15,19)20/h6-9H,3-5,10-11H2,1-2H3,(H2,15,19,20)(H2,16,17,18). The van der Waals surface area contributed by atoms with E-state index in [2.05, 4.69) is 22.5 Å². The highest BCUT2D eigenvalue weighted by Gasteiger charge is 2.06. The van der Waals surface area contributed by atoms with E-state index >= 15 is 0 Å². The summed E-state index contributed by atoms with van der Waals surface area (Å²) >= 11 is 0. The maximum absolute atomic E-state index is 11.2. The van der Waals surface area contributed by atoms with E-state index in [-0.39, 0.29) is 4.90 Å². The molecule has 1 rings (SSSR count). The first kappa shape index (κ1) is 17.5. The molecule has 0 aliphatic heterocycles. The van der Waals surface area contributed by atoms with Crippen molar-refractivity contribution in [3.05, 3.63) is 29.8 Å². The van der Waals surface area contributed by atoms with Gasteiger partial charge in [-0.1, -0.05) is 25.5 Å². The van der Waals surface area contributed by atoms with Gasteiger partial charge in [-0.25, -0.2) is 18.5 Å². The zero-order valence-electron chi connectivity index (χ0n) is 12.6. The molecule has 0 amide bonds. The summed E-state index contributed by atoms with van der Waals surface area (Å²) < 4.78 is 22.3. The maximum Gasteiger partial charge on any atom is 0.238 e. The number of hydrogen-bond acceptors (Lipinski definition) is 3. The van der Waals surface area contributed by atoms with Crippen LogP contribution in [-0.4, -0.2) is 27.5 Å². The minimum absolute atomic E-state index is 0.114. The Balaban J connectivity index is 2.67. The van der Waals surface area contributed by atoms with Crippen molar-refractivity contribution in [3.63, 3.8) is 0 Å². The molecule has 0 heterocycles. The van der Waals surface area contributed by atoms with Gasteiger partial charge in [-0.3, -0.25) is 0 Å². The average Bonchev–Trinajstić information content (AvgIpc) is 2.44. The predicted molar refractivity (Wildman–Crippen MR) is 85.5 cm³/mol. The van der Waals surface area contributed by atoms with Gasteiger partial charge < -0.3 is 10.6 Å². The fourth-order valence-corrected chi connectivity index (χ4v) is 2.20. The number of sulfonamides is 1. The van der Waals surface area contributed by atoms with Crippen molar-refractivity contribution in [2.45, 2.75) is 38.1 Å². The van der Waals surface area contributed by atoms with Crippen LogP contribution in [0.1, 0.15) is 32.3 Å². The van der Waals surface area contributed by atoms with Crippen LogP contribution in [-0.2, 0) is 16.6 Å². The normalized spacial score (nSPS) is 12.2. The molecule has 0 aliphatic rings. The van der Waals surface area contributed by atoms with Gasteiger partial charge in [0.1, 0.15) is 0 Å². The van der Waals surface area contributed by atoms with Crippen molar-refractivity contribution in [2.75, 3.05) is 13.1 Å². The quantitative estimate of drug-likeness (QED) is 0.400. The van der Waals surface area contributed by atoms with Crippen LogP contribution in [0, 0.1) is 0 Å². The van der Waals surface area contributed by atoms with Gasteiger partial charge in [0.15, 0.2) is 5.96 Å². The minimum Gasteiger partial charge on any atom is -0.357 e. The van der Waals surface area contributed by atoms with Crippen LogP contribution in [0.5, 0.6) is 0 Å². The molecule has 0 aromatic heterocycles. The Morgan fingerprint density at radius 3 is 2.38 bits per heavy atom. The monoisotopic (exact) mass is 312 g/mol. The van der Waals surface area contributed by atoms with E-state index in [0.717, 1.165) is 37.5 Å². The molecule has 7 heteroatoms. The lowest BCUT2D eigenvalue weighted by molar-refractivity contribution is 0.598. The third-order valence-corrected chi connectivity index (χ3v) is 3.77. The minimum atomic E-state index is -3.63. The third-order valence-electron chi connectivity index (χ3n) is 2.84. The van der Waals surface area contributed by atoms with Crippen molar-refractivity contribution in [3.8, 4) is 0 Å². The smallest absolute Gasteiger partial charge is 0.238 e. The summed E-state index contributed by atoms with van der Waals surface area (Å²) in [4.78, 5) is 4.58. The van der Waals surface area contributed by atoms with Crippen molar-refractivity contribution < 1.29 is 8.42 Å². The van der Waals surface area contributed by atoms with E-state index in [1.807, 2.05) is 6.92 Å². The summed E-state index contributed by atoms with van der Waals surface area (Å²) in [7, 11) is -3.63. The predicted octanol–water partition coefficient (Wildman–Crippen LogP) is 1.19. The summed E-state index contributed by atoms with van der Waals surface area (Å²) in [5, 5.41) is 11.5. The van der Waals surface area contributed by atoms with Gasteiger partial charge in [0.05, 0.1) is 11.4 Å². The highest BCUT2D eigenvalue weighted by molar-refractivity contribution is 7.89. The van der Waals surface area contributed by atoms with Gasteiger partial charge in [-0.2, -0.15) is 0 Å². The van der Waals surface area contributed by atoms with Crippen LogP contribution in [0.15, 0.2) is 34.2 Å². The van der Waals surface area contributed by atoms with E-state index in [1.54, 1.807) is 12.1 Å². The summed E-state index contributed by atoms with van der Waals surface area (Å²) in [6.45, 7) is 6.30. The molecule has 0 fully saturated rings. The molecule has 0 atom stereocenters. The van der Waals surface area contributed by atoms with Gasteiger partial charge in [0.25, 0.3) is 0 Å². The zero-order valence-corrected chi connectivity index (χ0v) is 13.4. The number of nitrogens with zero attached hydrogens (tertiary/aromatic N) is 1. The maximum atomic E-state index is 11.2. The molecule has 0 spiro atoms. The SMILES string of the molecule is CCCCNC(=NCc1ccc(S(N)(=O)=O)cc1)NCC. The molecule has 1 aromatic carbocycles. The number of primary sulfonamides is 1. The molecule has 118 valence electrons. The van der Waals surface area contributed by atoms with Gasteiger partial charge in [0.2, 0.25) is 10.0 Å². The number of benzene rings is 1. The Morgan fingerprint density at radius 2 is 1.86 bits per heavy atom. The van der Waals surface area contributed by atoms with E-state index < -0.39 is 10.0 Å². The van der Waals surface area contributed by atoms with Crippen LogP contribution in [0.3, 0.4) is 0 Å². The molecule has 0 radical (unpaired) electrons. The Labute approximate surface area is 126 Å². The second kappa shape index (κ2) is 8.63. The first-order valence-electron chi connectivity index (χ1n) is 7.11. The number of guanidine groups is 1. The van der Waals surface area contributed by atoms with Crippen LogP contribution in [0.25, 0.3) is 0 Å². The molecule has 1 aromatic rings. The van der Waals surface area contributed by atoms with Crippen molar-refractivity contribution in [1.82, 2.24) is 10.6 Å². The van der Waals surface area contributed by atoms with E-state index in [0.29, 0.717) is 6.54 Å². The summed E-state index contributed by atoms with van der Waals surface area (Å²) in [6, 6.07) is 6.44. The third kappa shape index (κ3) is 6.59. The Bertz CT molecular complexity index is 553. The molecular weight excluding hydrogens is 288 g/mol. The Morgan fingerprint density at radius 1 is 1.19 bits per heavy atom. The van der Waals surface area contributed by atoms with E-state index in [4.69, 9.17) is 5.14 Å². The summed E-state index contributed by atoms with van der Waals surface area (Å²) in [5.41, 5.74) is 0.926. The average molecular weight is 312 g/mol. The number of rotatable bonds is 7. The summed E-state index contributed by atoms with van der Waals surface area (Å²) in [6.07, 6.45) is 2.22. The van der Waals surface area contributed by atoms with Crippen LogP contribution in [0.2, 0.25) is 0 Å². The number of unbranched alkanes of at least 4 members (excludes halogenated alkanes) is 1. The number of nitrogens with two attached hydrogens (primary N) is 1. The fourth-order valence-electron chi connectivity index (χ4n) is 1.68. The molecular formula is C14H24N4O2S. The molecule has 6 nitrogen and oxygen atoms in total. The lowest BCUT2D eigenvalue weighted by Crippen LogP contribution is -2.37. The lowest BCUT2D eigenvalue weighted by Gasteiger charge is -2.10. The van der Waals surface area contributed by atoms with Crippen molar-refractivity contribution in [2.24, 2.45) is 10.1 Å². The van der Waals surface area contributed by atoms with Crippen molar-refractivity contribution >= 4 is 16.0 Å². The van der Waals surface area contributed by atoms with Gasteiger partial charge in [0, 0.05) is 13.1 Å². The van der Waals surface area contributed by atoms with Gasteiger partial charge in [-0.15, -0.1) is 0 Å². The van der Waals surface area contributed by atoms with Crippen LogP contribution in [0.4, 0.5) is 0 Å². The first-order chi connectivity index (χ1) is 9.97. The second-order valence-corrected chi connectivity index (χ2v) is 6.23. The van der Waals surface area contributed by atoms with Gasteiger partial charge in [-0.05, 0) is 31.0 Å². The van der Waals surface area contributed by atoms with E-state index in [9.17, 15) is 8.42 Å². The second-order valence-electron chi connectivity index (χ2n) is 4.66. The Hall–Kier alpha value is -1.60. The summed E-state index contributed by atoms with van der Waals surface area (Å²) in [5.74, 6) is 0.765. The number of nitrogens with one attached hydrogen (secondary N) is 2. The fraction of sp³-hybridized carbons (Fsp3) is 0.500. The molecule has 0 bridgehead atoms. The van der Waals surface area contributed by atoms with Crippen LogP contribution >= 0.6 is 0 Å².